The molecule has 0 fully saturated rings. The maximum absolute atomic E-state index is 11.1. The van der Waals surface area contributed by atoms with E-state index in [9.17, 15) is 4.79 Å². The normalized spacial score (nSPS) is 10.1. The molecule has 0 atom stereocenters. The molecule has 92 valence electrons. The van der Waals surface area contributed by atoms with Crippen LogP contribution in [0.25, 0.3) is 0 Å². The molecular weight excluding hydrogens is 250 g/mol. The molecule has 1 aromatic carbocycles. The number of para-hydroxylation sites is 1. The number of hydrogen-bond acceptors (Lipinski definition) is 4. The van der Waals surface area contributed by atoms with E-state index in [2.05, 4.69) is 4.98 Å². The van der Waals surface area contributed by atoms with Gasteiger partial charge in [0.25, 0.3) is 0 Å². The SMILES string of the molecule is COc1ccccc1Sc1ncccc1C(=O)O. The van der Waals surface area contributed by atoms with Gasteiger partial charge in [-0.05, 0) is 24.3 Å². The van der Waals surface area contributed by atoms with Crippen molar-refractivity contribution in [1.82, 2.24) is 4.98 Å². The molecule has 0 aliphatic rings. The second-order valence-corrected chi connectivity index (χ2v) is 4.44. The molecule has 0 aliphatic carbocycles. The van der Waals surface area contributed by atoms with Crippen molar-refractivity contribution in [3.8, 4) is 5.75 Å². The molecule has 0 amide bonds. The lowest BCUT2D eigenvalue weighted by Crippen LogP contribution is -2.00. The highest BCUT2D eigenvalue weighted by atomic mass is 32.2. The molecule has 0 radical (unpaired) electrons. The van der Waals surface area contributed by atoms with Gasteiger partial charge in [0.2, 0.25) is 0 Å². The van der Waals surface area contributed by atoms with Gasteiger partial charge >= 0.3 is 5.97 Å². The first kappa shape index (κ1) is 12.4. The number of methoxy groups -OCH3 is 1. The van der Waals surface area contributed by atoms with Crippen molar-refractivity contribution in [1.29, 1.82) is 0 Å². The van der Waals surface area contributed by atoms with E-state index in [1.165, 1.54) is 17.8 Å². The second-order valence-electron chi connectivity index (χ2n) is 3.41. The summed E-state index contributed by atoms with van der Waals surface area (Å²) in [6.45, 7) is 0. The highest BCUT2D eigenvalue weighted by Crippen LogP contribution is 2.34. The highest BCUT2D eigenvalue weighted by Gasteiger charge is 2.13. The zero-order valence-electron chi connectivity index (χ0n) is 9.66. The maximum atomic E-state index is 11.1. The van der Waals surface area contributed by atoms with Gasteiger partial charge in [-0.15, -0.1) is 0 Å². The van der Waals surface area contributed by atoms with Crippen LogP contribution in [0.3, 0.4) is 0 Å². The number of carbonyl (C=O) groups is 1. The minimum atomic E-state index is -0.986. The van der Waals surface area contributed by atoms with Crippen LogP contribution in [0.15, 0.2) is 52.5 Å². The Labute approximate surface area is 109 Å². The standard InChI is InChI=1S/C13H11NO3S/c1-17-10-6-2-3-7-11(10)18-12-9(13(15)16)5-4-8-14-12/h2-8H,1H3,(H,15,16). The van der Waals surface area contributed by atoms with Crippen molar-refractivity contribution in [3.63, 3.8) is 0 Å². The van der Waals surface area contributed by atoms with Crippen LogP contribution < -0.4 is 4.74 Å². The zero-order valence-corrected chi connectivity index (χ0v) is 10.5. The third-order valence-electron chi connectivity index (χ3n) is 2.28. The van der Waals surface area contributed by atoms with E-state index in [-0.39, 0.29) is 5.56 Å². The lowest BCUT2D eigenvalue weighted by atomic mass is 10.3. The lowest BCUT2D eigenvalue weighted by molar-refractivity contribution is 0.0692. The maximum Gasteiger partial charge on any atom is 0.338 e. The number of pyridine rings is 1. The van der Waals surface area contributed by atoms with Crippen molar-refractivity contribution < 1.29 is 14.6 Å². The van der Waals surface area contributed by atoms with Crippen LogP contribution in [0.4, 0.5) is 0 Å². The van der Waals surface area contributed by atoms with Gasteiger partial charge in [-0.25, -0.2) is 9.78 Å². The molecule has 0 saturated heterocycles. The van der Waals surface area contributed by atoms with Crippen molar-refractivity contribution in [2.45, 2.75) is 9.92 Å². The average molecular weight is 261 g/mol. The number of carboxylic acid groups (broad SMARTS) is 1. The Hall–Kier alpha value is -2.01. The van der Waals surface area contributed by atoms with Crippen LogP contribution >= 0.6 is 11.8 Å². The molecule has 2 aromatic rings. The Kier molecular flexibility index (Phi) is 3.84. The summed E-state index contributed by atoms with van der Waals surface area (Å²) in [7, 11) is 1.58. The average Bonchev–Trinajstić information content (AvgIpc) is 2.40. The predicted molar refractivity (Wildman–Crippen MR) is 68.3 cm³/mol. The van der Waals surface area contributed by atoms with E-state index in [4.69, 9.17) is 9.84 Å². The molecule has 4 nitrogen and oxygen atoms in total. The van der Waals surface area contributed by atoms with Gasteiger partial charge < -0.3 is 9.84 Å². The zero-order chi connectivity index (χ0) is 13.0. The fourth-order valence-electron chi connectivity index (χ4n) is 1.44. The molecule has 1 N–H and O–H groups in total. The van der Waals surface area contributed by atoms with Crippen molar-refractivity contribution in [2.75, 3.05) is 7.11 Å². The summed E-state index contributed by atoms with van der Waals surface area (Å²) in [5.74, 6) is -0.287. The molecule has 1 aromatic heterocycles. The molecular formula is C13H11NO3S. The van der Waals surface area contributed by atoms with E-state index in [0.29, 0.717) is 10.8 Å². The fraction of sp³-hybridized carbons (Fsp3) is 0.0769. The summed E-state index contributed by atoms with van der Waals surface area (Å²) < 4.78 is 5.22. The van der Waals surface area contributed by atoms with Crippen LogP contribution in [0.1, 0.15) is 10.4 Å². The van der Waals surface area contributed by atoms with E-state index in [1.54, 1.807) is 19.4 Å². The topological polar surface area (TPSA) is 59.4 Å². The Morgan fingerprint density at radius 3 is 2.78 bits per heavy atom. The molecule has 18 heavy (non-hydrogen) atoms. The first-order chi connectivity index (χ1) is 8.72. The molecule has 5 heteroatoms. The Morgan fingerprint density at radius 2 is 2.06 bits per heavy atom. The van der Waals surface area contributed by atoms with Crippen LogP contribution in [-0.2, 0) is 0 Å². The van der Waals surface area contributed by atoms with Crippen LogP contribution in [0.5, 0.6) is 5.75 Å². The minimum Gasteiger partial charge on any atom is -0.496 e. The number of carboxylic acids is 1. The van der Waals surface area contributed by atoms with E-state index in [1.807, 2.05) is 24.3 Å². The monoisotopic (exact) mass is 261 g/mol. The fourth-order valence-corrected chi connectivity index (χ4v) is 2.43. The molecule has 1 heterocycles. The van der Waals surface area contributed by atoms with E-state index < -0.39 is 5.97 Å². The third-order valence-corrected chi connectivity index (χ3v) is 3.35. The van der Waals surface area contributed by atoms with Gasteiger partial charge in [0.1, 0.15) is 10.8 Å². The largest absolute Gasteiger partial charge is 0.496 e. The first-order valence-corrected chi connectivity index (χ1v) is 6.03. The third kappa shape index (κ3) is 2.62. The number of aromatic carboxylic acids is 1. The van der Waals surface area contributed by atoms with E-state index in [0.717, 1.165) is 4.90 Å². The summed E-state index contributed by atoms with van der Waals surface area (Å²) >= 11 is 1.28. The minimum absolute atomic E-state index is 0.188. The number of ether oxygens (including phenoxy) is 1. The molecule has 2 rings (SSSR count). The summed E-state index contributed by atoms with van der Waals surface area (Å²) in [6.07, 6.45) is 1.57. The molecule has 0 bridgehead atoms. The van der Waals surface area contributed by atoms with Crippen molar-refractivity contribution in [2.24, 2.45) is 0 Å². The molecule has 0 saturated carbocycles. The lowest BCUT2D eigenvalue weighted by Gasteiger charge is -2.08. The summed E-state index contributed by atoms with van der Waals surface area (Å²) in [5, 5.41) is 9.54. The first-order valence-electron chi connectivity index (χ1n) is 5.21. The van der Waals surface area contributed by atoms with Crippen molar-refractivity contribution >= 4 is 17.7 Å². The number of benzene rings is 1. The van der Waals surface area contributed by atoms with Crippen LogP contribution in [-0.4, -0.2) is 23.2 Å². The van der Waals surface area contributed by atoms with Gasteiger partial charge in [0.15, 0.2) is 0 Å². The molecule has 0 aliphatic heterocycles. The van der Waals surface area contributed by atoms with Gasteiger partial charge in [-0.1, -0.05) is 23.9 Å². The van der Waals surface area contributed by atoms with Gasteiger partial charge in [-0.3, -0.25) is 0 Å². The van der Waals surface area contributed by atoms with Gasteiger partial charge in [-0.2, -0.15) is 0 Å². The smallest absolute Gasteiger partial charge is 0.338 e. The van der Waals surface area contributed by atoms with Gasteiger partial charge in [0.05, 0.1) is 17.6 Å². The molecule has 0 spiro atoms. The van der Waals surface area contributed by atoms with Crippen LogP contribution in [0.2, 0.25) is 0 Å². The highest BCUT2D eigenvalue weighted by molar-refractivity contribution is 7.99. The summed E-state index contributed by atoms with van der Waals surface area (Å²) in [6, 6.07) is 10.6. The van der Waals surface area contributed by atoms with E-state index >= 15 is 0 Å². The van der Waals surface area contributed by atoms with Gasteiger partial charge in [0, 0.05) is 6.20 Å². The number of hydrogen-bond donors (Lipinski definition) is 1. The summed E-state index contributed by atoms with van der Waals surface area (Å²) in [4.78, 5) is 16.0. The number of rotatable bonds is 4. The van der Waals surface area contributed by atoms with Crippen molar-refractivity contribution in [3.05, 3.63) is 48.2 Å². The van der Waals surface area contributed by atoms with Crippen LogP contribution in [0, 0.1) is 0 Å². The number of nitrogens with zero attached hydrogens (tertiary/aromatic N) is 1. The second kappa shape index (κ2) is 5.55. The Morgan fingerprint density at radius 1 is 1.28 bits per heavy atom. The quantitative estimate of drug-likeness (QED) is 0.917. The number of aromatic nitrogens is 1. The Balaban J connectivity index is 2.37. The summed E-state index contributed by atoms with van der Waals surface area (Å²) in [5.41, 5.74) is 0.188. The Bertz CT molecular complexity index is 572. The molecule has 0 unspecified atom stereocenters. The predicted octanol–water partition coefficient (Wildman–Crippen LogP) is 2.94.